The maximum absolute atomic E-state index is 13.4. The average Bonchev–Trinajstić information content (AvgIpc) is 3.29. The number of benzene rings is 1. The number of para-hydroxylation sites is 1. The fourth-order valence-electron chi connectivity index (χ4n) is 4.99. The molecule has 0 radical (unpaired) electrons. The van der Waals surface area contributed by atoms with Crippen molar-refractivity contribution in [3.8, 4) is 5.75 Å². The highest BCUT2D eigenvalue weighted by molar-refractivity contribution is 8.16. The van der Waals surface area contributed by atoms with Crippen LogP contribution in [0.3, 0.4) is 0 Å². The zero-order valence-electron chi connectivity index (χ0n) is 22.6. The summed E-state index contributed by atoms with van der Waals surface area (Å²) in [6.45, 7) is 8.59. The van der Waals surface area contributed by atoms with E-state index in [1.165, 1.54) is 11.8 Å². The molecule has 1 atom stereocenters. The summed E-state index contributed by atoms with van der Waals surface area (Å²) in [5.74, 6) is -0.202. The number of aliphatic imine (C=N–C) groups is 1. The molecule has 38 heavy (non-hydrogen) atoms. The summed E-state index contributed by atoms with van der Waals surface area (Å²) in [4.78, 5) is 47.3. The second kappa shape index (κ2) is 12.1. The molecule has 0 unspecified atom stereocenters. The van der Waals surface area contributed by atoms with Crippen LogP contribution in [-0.2, 0) is 23.9 Å². The second-order valence-corrected chi connectivity index (χ2v) is 10.5. The Hall–Kier alpha value is -3.27. The van der Waals surface area contributed by atoms with Gasteiger partial charge in [-0.25, -0.2) is 9.79 Å². The van der Waals surface area contributed by atoms with Crippen LogP contribution in [-0.4, -0.2) is 65.7 Å². The summed E-state index contributed by atoms with van der Waals surface area (Å²) >= 11 is 1.43. The Balaban J connectivity index is 1.60. The number of thioether (sulfide) groups is 1. The topological polar surface area (TPSA) is 97.7 Å². The number of carbonyl (C=O) groups excluding carboxylic acids is 3. The van der Waals surface area contributed by atoms with Crippen LogP contribution in [0.5, 0.6) is 5.75 Å². The van der Waals surface area contributed by atoms with E-state index in [-0.39, 0.29) is 30.3 Å². The minimum atomic E-state index is -0.562. The highest BCUT2D eigenvalue weighted by Gasteiger charge is 2.43. The number of likely N-dealkylation sites (tertiary alicyclic amines) is 1. The summed E-state index contributed by atoms with van der Waals surface area (Å²) in [5, 5.41) is 2.62. The normalized spacial score (nSPS) is 19.7. The first-order valence-electron chi connectivity index (χ1n) is 13.0. The van der Waals surface area contributed by atoms with E-state index in [0.29, 0.717) is 54.7 Å². The summed E-state index contributed by atoms with van der Waals surface area (Å²) in [6, 6.07) is 6.99. The molecule has 0 aromatic heterocycles. The lowest BCUT2D eigenvalue weighted by Crippen LogP contribution is -2.42. The lowest BCUT2D eigenvalue weighted by Gasteiger charge is -2.37. The number of ether oxygens (including phenoxy) is 3. The van der Waals surface area contributed by atoms with Crippen molar-refractivity contribution in [3.63, 3.8) is 0 Å². The third-order valence-electron chi connectivity index (χ3n) is 6.80. The van der Waals surface area contributed by atoms with Crippen molar-refractivity contribution in [2.24, 2.45) is 10.9 Å². The van der Waals surface area contributed by atoms with Gasteiger partial charge in [0.05, 0.1) is 49.5 Å². The molecule has 3 heterocycles. The first kappa shape index (κ1) is 27.8. The molecule has 0 saturated carbocycles. The van der Waals surface area contributed by atoms with Crippen molar-refractivity contribution in [3.05, 3.63) is 52.2 Å². The predicted octanol–water partition coefficient (Wildman–Crippen LogP) is 4.41. The number of esters is 2. The van der Waals surface area contributed by atoms with Gasteiger partial charge in [0, 0.05) is 24.4 Å². The van der Waals surface area contributed by atoms with E-state index in [9.17, 15) is 14.4 Å². The summed E-state index contributed by atoms with van der Waals surface area (Å²) in [7, 11) is 1.60. The second-order valence-electron chi connectivity index (χ2n) is 9.67. The number of carbonyl (C=O) groups is 3. The smallest absolute Gasteiger partial charge is 0.338 e. The Kier molecular flexibility index (Phi) is 8.81. The van der Waals surface area contributed by atoms with Crippen LogP contribution in [0, 0.1) is 5.92 Å². The van der Waals surface area contributed by atoms with Gasteiger partial charge in [-0.15, -0.1) is 0 Å². The minimum Gasteiger partial charge on any atom is -0.496 e. The van der Waals surface area contributed by atoms with Crippen LogP contribution in [0.2, 0.25) is 0 Å². The lowest BCUT2D eigenvalue weighted by atomic mass is 9.93. The summed E-state index contributed by atoms with van der Waals surface area (Å²) in [5.41, 5.74) is 2.54. The number of rotatable bonds is 8. The molecule has 1 fully saturated rings. The van der Waals surface area contributed by atoms with Crippen molar-refractivity contribution < 1.29 is 28.6 Å². The molecule has 4 rings (SSSR count). The number of fused-ring (bicyclic) bond motifs is 1. The van der Waals surface area contributed by atoms with Gasteiger partial charge in [0.1, 0.15) is 5.75 Å². The van der Waals surface area contributed by atoms with Gasteiger partial charge in [0.15, 0.2) is 5.17 Å². The zero-order valence-corrected chi connectivity index (χ0v) is 23.4. The molecule has 3 aliphatic rings. The molecule has 10 heteroatoms. The molecule has 0 spiro atoms. The number of amidine groups is 1. The van der Waals surface area contributed by atoms with Crippen LogP contribution in [0.1, 0.15) is 58.6 Å². The fourth-order valence-corrected chi connectivity index (χ4v) is 5.95. The van der Waals surface area contributed by atoms with Gasteiger partial charge in [0.2, 0.25) is 5.91 Å². The van der Waals surface area contributed by atoms with Crippen molar-refractivity contribution in [2.45, 2.75) is 59.1 Å². The number of nitrogens with zero attached hydrogens (tertiary/aromatic N) is 3. The van der Waals surface area contributed by atoms with E-state index in [4.69, 9.17) is 19.2 Å². The zero-order chi connectivity index (χ0) is 27.4. The van der Waals surface area contributed by atoms with E-state index in [2.05, 4.69) is 0 Å². The quantitative estimate of drug-likeness (QED) is 0.447. The Labute approximate surface area is 227 Å². The highest BCUT2D eigenvalue weighted by Crippen LogP contribution is 2.47. The molecule has 0 N–H and O–H groups in total. The van der Waals surface area contributed by atoms with E-state index >= 15 is 0 Å². The third kappa shape index (κ3) is 5.75. The van der Waals surface area contributed by atoms with Crippen molar-refractivity contribution in [2.75, 3.05) is 26.8 Å². The monoisotopic (exact) mass is 541 g/mol. The first-order chi connectivity index (χ1) is 18.2. The van der Waals surface area contributed by atoms with Crippen molar-refractivity contribution in [1.29, 1.82) is 0 Å². The van der Waals surface area contributed by atoms with E-state index in [1.807, 2.05) is 48.4 Å². The summed E-state index contributed by atoms with van der Waals surface area (Å²) < 4.78 is 16.4. The van der Waals surface area contributed by atoms with Gasteiger partial charge < -0.3 is 24.0 Å². The summed E-state index contributed by atoms with van der Waals surface area (Å²) in [6.07, 6.45) is 1.03. The molecule has 1 aromatic rings. The molecule has 9 nitrogen and oxygen atoms in total. The number of hydrogen-bond acceptors (Lipinski definition) is 9. The van der Waals surface area contributed by atoms with Crippen LogP contribution >= 0.6 is 11.8 Å². The molecule has 1 amide bonds. The molecule has 1 aromatic carbocycles. The first-order valence-corrected chi connectivity index (χ1v) is 13.9. The molecule has 204 valence electrons. The Morgan fingerprint density at radius 1 is 1.16 bits per heavy atom. The van der Waals surface area contributed by atoms with Gasteiger partial charge in [0.25, 0.3) is 0 Å². The number of allylic oxidation sites excluding steroid dienone is 1. The maximum atomic E-state index is 13.4. The average molecular weight is 542 g/mol. The van der Waals surface area contributed by atoms with Gasteiger partial charge in [-0.3, -0.25) is 9.59 Å². The highest BCUT2D eigenvalue weighted by atomic mass is 32.2. The van der Waals surface area contributed by atoms with Gasteiger partial charge >= 0.3 is 11.9 Å². The Morgan fingerprint density at radius 2 is 1.87 bits per heavy atom. The molecule has 0 aliphatic carbocycles. The minimum absolute atomic E-state index is 0.0308. The standard InChI is InChI=1S/C28H35N3O6S/c1-6-36-26(33)19-11-13-30(14-12-19)23(32)15-20-16-38-28-29-18(4)24(27(34)37-17(2)3)25(31(20)28)21-9-7-8-10-22(21)35-5/h7-10,16-17,19,25H,6,11-15H2,1-5H3/t25-/m0/s1. The van der Waals surface area contributed by atoms with Crippen LogP contribution in [0.15, 0.2) is 51.6 Å². The predicted molar refractivity (Wildman–Crippen MR) is 145 cm³/mol. The third-order valence-corrected chi connectivity index (χ3v) is 7.69. The fraction of sp³-hybridized carbons (Fsp3) is 0.500. The van der Waals surface area contributed by atoms with E-state index in [0.717, 1.165) is 11.3 Å². The molecular formula is C28H35N3O6S. The number of methoxy groups -OCH3 is 1. The van der Waals surface area contributed by atoms with Crippen LogP contribution in [0.4, 0.5) is 0 Å². The van der Waals surface area contributed by atoms with E-state index < -0.39 is 12.0 Å². The van der Waals surface area contributed by atoms with Gasteiger partial charge in [-0.05, 0) is 52.0 Å². The van der Waals surface area contributed by atoms with Gasteiger partial charge in [-0.1, -0.05) is 30.0 Å². The van der Waals surface area contributed by atoms with Gasteiger partial charge in [-0.2, -0.15) is 0 Å². The van der Waals surface area contributed by atoms with E-state index in [1.54, 1.807) is 25.9 Å². The maximum Gasteiger partial charge on any atom is 0.338 e. The SMILES string of the molecule is CCOC(=O)C1CCN(C(=O)CC2=CSC3=NC(C)=C(C(=O)OC(C)C)[C@H](c4ccccc4OC)N23)CC1. The molecule has 3 aliphatic heterocycles. The molecule has 1 saturated heterocycles. The number of amides is 1. The Morgan fingerprint density at radius 3 is 2.53 bits per heavy atom. The molecule has 0 bridgehead atoms. The lowest BCUT2D eigenvalue weighted by molar-refractivity contribution is -0.151. The van der Waals surface area contributed by atoms with Crippen LogP contribution < -0.4 is 4.74 Å². The van der Waals surface area contributed by atoms with Crippen molar-refractivity contribution in [1.82, 2.24) is 9.80 Å². The largest absolute Gasteiger partial charge is 0.496 e. The number of piperidine rings is 1. The molecular weight excluding hydrogens is 506 g/mol. The van der Waals surface area contributed by atoms with Crippen LogP contribution in [0.25, 0.3) is 0 Å². The van der Waals surface area contributed by atoms with Crippen molar-refractivity contribution >= 4 is 34.8 Å². The number of hydrogen-bond donors (Lipinski definition) is 0. The Bertz CT molecular complexity index is 1180.